The summed E-state index contributed by atoms with van der Waals surface area (Å²) in [6.07, 6.45) is 10.0. The Morgan fingerprint density at radius 3 is 2.48 bits per heavy atom. The van der Waals surface area contributed by atoms with E-state index in [-0.39, 0.29) is 24.8 Å². The third-order valence-electron chi connectivity index (χ3n) is 5.03. The number of hydrogen-bond acceptors (Lipinski definition) is 3. The quantitative estimate of drug-likeness (QED) is 0.865. The molecule has 0 saturated carbocycles. The summed E-state index contributed by atoms with van der Waals surface area (Å²) >= 11 is 0. The predicted octanol–water partition coefficient (Wildman–Crippen LogP) is 2.74. The van der Waals surface area contributed by atoms with Crippen LogP contribution in [0.2, 0.25) is 0 Å². The first-order valence-electron chi connectivity index (χ1n) is 8.29. The number of aromatic nitrogens is 2. The molecule has 2 saturated heterocycles. The minimum Gasteiger partial charge on any atom is -0.348 e. The Kier molecular flexibility index (Phi) is 8.95. The van der Waals surface area contributed by atoms with Gasteiger partial charge in [-0.05, 0) is 51.1 Å². The fourth-order valence-electron chi connectivity index (χ4n) is 3.59. The Morgan fingerprint density at radius 2 is 1.87 bits per heavy atom. The third-order valence-corrected chi connectivity index (χ3v) is 5.03. The van der Waals surface area contributed by atoms with Crippen molar-refractivity contribution in [3.63, 3.8) is 0 Å². The Labute approximate surface area is 150 Å². The lowest BCUT2D eigenvalue weighted by molar-refractivity contribution is -0.132. The van der Waals surface area contributed by atoms with Crippen LogP contribution in [0.15, 0.2) is 12.5 Å². The highest BCUT2D eigenvalue weighted by atomic mass is 35.5. The van der Waals surface area contributed by atoms with Crippen LogP contribution in [0.4, 0.5) is 0 Å². The molecule has 0 atom stereocenters. The molecule has 1 aromatic heterocycles. The number of hydrogen-bond donors (Lipinski definition) is 2. The maximum atomic E-state index is 12.3. The average Bonchev–Trinajstić information content (AvgIpc) is 3.08. The van der Waals surface area contributed by atoms with Crippen LogP contribution in [0.5, 0.6) is 0 Å². The molecule has 23 heavy (non-hydrogen) atoms. The molecule has 5 nitrogen and oxygen atoms in total. The smallest absolute Gasteiger partial charge is 0.222 e. The standard InChI is InChI=1S/C16H26N4O.2ClH/c21-16(2-1-13-3-7-17-8-4-13)20-9-5-14(6-10-20)15-11-18-12-19-15;;/h11-14,17H,1-10H2,(H,18,19);2*1H. The molecule has 2 aliphatic heterocycles. The highest BCUT2D eigenvalue weighted by Gasteiger charge is 2.25. The van der Waals surface area contributed by atoms with E-state index < -0.39 is 0 Å². The van der Waals surface area contributed by atoms with Gasteiger partial charge in [-0.15, -0.1) is 24.8 Å². The first kappa shape index (κ1) is 20.3. The molecule has 132 valence electrons. The van der Waals surface area contributed by atoms with Crippen molar-refractivity contribution in [2.45, 2.75) is 44.4 Å². The van der Waals surface area contributed by atoms with Crippen LogP contribution in [0.3, 0.4) is 0 Å². The van der Waals surface area contributed by atoms with Gasteiger partial charge < -0.3 is 15.2 Å². The number of imidazole rings is 1. The van der Waals surface area contributed by atoms with E-state index in [0.717, 1.165) is 57.8 Å². The SMILES string of the molecule is Cl.Cl.O=C(CCC1CCNCC1)N1CCC(c2cnc[nH]2)CC1. The predicted molar refractivity (Wildman–Crippen MR) is 96.5 cm³/mol. The zero-order valence-electron chi connectivity index (χ0n) is 13.5. The number of carbonyl (C=O) groups is 1. The number of amides is 1. The van der Waals surface area contributed by atoms with Crippen molar-refractivity contribution in [3.8, 4) is 0 Å². The van der Waals surface area contributed by atoms with Crippen LogP contribution >= 0.6 is 24.8 Å². The van der Waals surface area contributed by atoms with Crippen LogP contribution in [-0.2, 0) is 4.79 Å². The normalized spacial score (nSPS) is 19.7. The lowest BCUT2D eigenvalue weighted by Gasteiger charge is -2.32. The summed E-state index contributed by atoms with van der Waals surface area (Å²) in [5.74, 6) is 1.65. The molecule has 1 amide bonds. The summed E-state index contributed by atoms with van der Waals surface area (Å²) in [6, 6.07) is 0. The van der Waals surface area contributed by atoms with Crippen molar-refractivity contribution in [3.05, 3.63) is 18.2 Å². The fourth-order valence-corrected chi connectivity index (χ4v) is 3.59. The lowest BCUT2D eigenvalue weighted by Crippen LogP contribution is -2.38. The Hall–Kier alpha value is -0.780. The largest absolute Gasteiger partial charge is 0.348 e. The van der Waals surface area contributed by atoms with E-state index in [1.54, 1.807) is 6.33 Å². The van der Waals surface area contributed by atoms with E-state index >= 15 is 0 Å². The molecule has 0 radical (unpaired) electrons. The molecule has 0 aromatic carbocycles. The summed E-state index contributed by atoms with van der Waals surface area (Å²) in [5.41, 5.74) is 1.22. The average molecular weight is 363 g/mol. The second kappa shape index (κ2) is 10.2. The summed E-state index contributed by atoms with van der Waals surface area (Å²) in [6.45, 7) is 4.03. The number of carbonyl (C=O) groups excluding carboxylic acids is 1. The van der Waals surface area contributed by atoms with Gasteiger partial charge in [0.05, 0.1) is 6.33 Å². The number of H-pyrrole nitrogens is 1. The van der Waals surface area contributed by atoms with Crippen molar-refractivity contribution in [2.24, 2.45) is 5.92 Å². The van der Waals surface area contributed by atoms with E-state index in [0.29, 0.717) is 11.8 Å². The number of piperidine rings is 2. The van der Waals surface area contributed by atoms with Crippen molar-refractivity contribution in [1.29, 1.82) is 0 Å². The van der Waals surface area contributed by atoms with Crippen molar-refractivity contribution < 1.29 is 4.79 Å². The Bertz CT molecular complexity index is 441. The molecule has 1 aromatic rings. The number of nitrogens with one attached hydrogen (secondary N) is 2. The third kappa shape index (κ3) is 5.66. The van der Waals surface area contributed by atoms with Gasteiger partial charge in [0.15, 0.2) is 0 Å². The Balaban J connectivity index is 0.00000132. The van der Waals surface area contributed by atoms with Crippen LogP contribution in [0.25, 0.3) is 0 Å². The monoisotopic (exact) mass is 362 g/mol. The topological polar surface area (TPSA) is 61.0 Å². The second-order valence-corrected chi connectivity index (χ2v) is 6.39. The summed E-state index contributed by atoms with van der Waals surface area (Å²) in [7, 11) is 0. The molecule has 0 spiro atoms. The second-order valence-electron chi connectivity index (χ2n) is 6.39. The van der Waals surface area contributed by atoms with Gasteiger partial charge in [-0.25, -0.2) is 4.98 Å². The van der Waals surface area contributed by atoms with Crippen LogP contribution in [0.1, 0.15) is 50.1 Å². The van der Waals surface area contributed by atoms with E-state index in [4.69, 9.17) is 0 Å². The van der Waals surface area contributed by atoms with Gasteiger partial charge in [-0.1, -0.05) is 0 Å². The van der Waals surface area contributed by atoms with Gasteiger partial charge in [-0.2, -0.15) is 0 Å². The zero-order valence-corrected chi connectivity index (χ0v) is 15.1. The maximum Gasteiger partial charge on any atom is 0.222 e. The number of halogens is 2. The van der Waals surface area contributed by atoms with Gasteiger partial charge in [0.1, 0.15) is 0 Å². The first-order chi connectivity index (χ1) is 10.3. The van der Waals surface area contributed by atoms with E-state index in [1.807, 2.05) is 6.20 Å². The van der Waals surface area contributed by atoms with Crippen molar-refractivity contribution in [2.75, 3.05) is 26.2 Å². The minimum atomic E-state index is 0. The van der Waals surface area contributed by atoms with Gasteiger partial charge in [-0.3, -0.25) is 4.79 Å². The van der Waals surface area contributed by atoms with Crippen molar-refractivity contribution in [1.82, 2.24) is 20.2 Å². The lowest BCUT2D eigenvalue weighted by atomic mass is 9.91. The molecule has 2 N–H and O–H groups in total. The molecule has 0 aliphatic carbocycles. The van der Waals surface area contributed by atoms with Crippen LogP contribution in [-0.4, -0.2) is 47.0 Å². The molecule has 2 aliphatic rings. The van der Waals surface area contributed by atoms with E-state index in [1.165, 1.54) is 18.5 Å². The van der Waals surface area contributed by atoms with Crippen molar-refractivity contribution >= 4 is 30.7 Å². The first-order valence-corrected chi connectivity index (χ1v) is 8.29. The molecule has 0 bridgehead atoms. The van der Waals surface area contributed by atoms with Gasteiger partial charge in [0.25, 0.3) is 0 Å². The molecule has 3 heterocycles. The van der Waals surface area contributed by atoms with Gasteiger partial charge in [0, 0.05) is 37.3 Å². The fraction of sp³-hybridized carbons (Fsp3) is 0.750. The molecule has 7 heteroatoms. The van der Waals surface area contributed by atoms with E-state index in [9.17, 15) is 4.79 Å². The van der Waals surface area contributed by atoms with E-state index in [2.05, 4.69) is 20.2 Å². The number of nitrogens with zero attached hydrogens (tertiary/aromatic N) is 2. The number of aromatic amines is 1. The summed E-state index contributed by atoms with van der Waals surface area (Å²) in [5, 5.41) is 3.38. The highest BCUT2D eigenvalue weighted by Crippen LogP contribution is 2.27. The molecule has 0 unspecified atom stereocenters. The number of likely N-dealkylation sites (tertiary alicyclic amines) is 1. The minimum absolute atomic E-state index is 0. The van der Waals surface area contributed by atoms with Crippen LogP contribution < -0.4 is 5.32 Å². The summed E-state index contributed by atoms with van der Waals surface area (Å²) in [4.78, 5) is 21.7. The summed E-state index contributed by atoms with van der Waals surface area (Å²) < 4.78 is 0. The molecule has 2 fully saturated rings. The Morgan fingerprint density at radius 1 is 1.17 bits per heavy atom. The van der Waals surface area contributed by atoms with Crippen LogP contribution in [0, 0.1) is 5.92 Å². The molecular weight excluding hydrogens is 335 g/mol. The molecule has 3 rings (SSSR count). The zero-order chi connectivity index (χ0) is 14.5. The molecular formula is C16H28Cl2N4O. The highest BCUT2D eigenvalue weighted by molar-refractivity contribution is 5.85. The van der Waals surface area contributed by atoms with Gasteiger partial charge >= 0.3 is 0 Å². The van der Waals surface area contributed by atoms with Gasteiger partial charge in [0.2, 0.25) is 5.91 Å². The number of rotatable bonds is 4. The maximum absolute atomic E-state index is 12.3.